The zero-order valence-electron chi connectivity index (χ0n) is 11.8. The van der Waals surface area contributed by atoms with Crippen LogP contribution in [0.5, 0.6) is 5.75 Å². The van der Waals surface area contributed by atoms with Gasteiger partial charge in [-0.15, -0.1) is 0 Å². The molecular weight excluding hydrogens is 269 g/mol. The lowest BCUT2D eigenvalue weighted by atomic mass is 10.1. The Kier molecular flexibility index (Phi) is 6.19. The van der Waals surface area contributed by atoms with Crippen LogP contribution >= 0.6 is 0 Å². The summed E-state index contributed by atoms with van der Waals surface area (Å²) in [5.74, 6) is 0.528. The summed E-state index contributed by atoms with van der Waals surface area (Å²) >= 11 is 0. The van der Waals surface area contributed by atoms with E-state index >= 15 is 0 Å². The van der Waals surface area contributed by atoms with Gasteiger partial charge < -0.3 is 15.2 Å². The third kappa shape index (κ3) is 5.94. The number of para-hydroxylation sites is 1. The van der Waals surface area contributed by atoms with Crippen LogP contribution in [0.25, 0.3) is 0 Å². The summed E-state index contributed by atoms with van der Waals surface area (Å²) in [6.45, 7) is 1.38. The second kappa shape index (κ2) is 8.39. The van der Waals surface area contributed by atoms with Gasteiger partial charge in [-0.3, -0.25) is 0 Å². The van der Waals surface area contributed by atoms with Crippen LogP contribution in [0.4, 0.5) is 4.39 Å². The molecule has 0 saturated carbocycles. The van der Waals surface area contributed by atoms with Gasteiger partial charge in [-0.2, -0.15) is 0 Å². The van der Waals surface area contributed by atoms with Gasteiger partial charge in [0.2, 0.25) is 0 Å². The Labute approximate surface area is 124 Å². The summed E-state index contributed by atoms with van der Waals surface area (Å²) < 4.78 is 18.4. The summed E-state index contributed by atoms with van der Waals surface area (Å²) in [5.41, 5.74) is 0.942. The Morgan fingerprint density at radius 2 is 1.90 bits per heavy atom. The van der Waals surface area contributed by atoms with Crippen molar-refractivity contribution in [2.24, 2.45) is 0 Å². The molecule has 0 heterocycles. The number of nitrogens with one attached hydrogen (secondary N) is 1. The lowest BCUT2D eigenvalue weighted by molar-refractivity contribution is 0.106. The third-order valence-corrected chi connectivity index (χ3v) is 3.05. The number of aliphatic hydroxyl groups is 1. The van der Waals surface area contributed by atoms with Gasteiger partial charge in [-0.25, -0.2) is 4.39 Å². The molecule has 0 aliphatic heterocycles. The molecule has 112 valence electrons. The number of rotatable bonds is 8. The van der Waals surface area contributed by atoms with E-state index in [-0.39, 0.29) is 12.4 Å². The monoisotopic (exact) mass is 289 g/mol. The summed E-state index contributed by atoms with van der Waals surface area (Å²) in [7, 11) is 0. The molecule has 2 rings (SSSR count). The molecule has 2 N–H and O–H groups in total. The maximum atomic E-state index is 13.0. The van der Waals surface area contributed by atoms with Crippen LogP contribution < -0.4 is 10.1 Å². The molecule has 4 heteroatoms. The molecule has 0 fully saturated rings. The van der Waals surface area contributed by atoms with Crippen molar-refractivity contribution < 1.29 is 14.2 Å². The van der Waals surface area contributed by atoms with Gasteiger partial charge in [0, 0.05) is 6.54 Å². The topological polar surface area (TPSA) is 41.5 Å². The average molecular weight is 289 g/mol. The fourth-order valence-electron chi connectivity index (χ4n) is 1.96. The molecular formula is C17H20FNO2. The molecule has 0 aliphatic carbocycles. The molecule has 3 nitrogen and oxygen atoms in total. The minimum absolute atomic E-state index is 0.219. The Hall–Kier alpha value is -1.91. The molecule has 0 aromatic heterocycles. The van der Waals surface area contributed by atoms with Gasteiger partial charge in [-0.1, -0.05) is 30.3 Å². The summed E-state index contributed by atoms with van der Waals surface area (Å²) in [4.78, 5) is 0. The highest BCUT2D eigenvalue weighted by Crippen LogP contribution is 2.08. The third-order valence-electron chi connectivity index (χ3n) is 3.05. The van der Waals surface area contributed by atoms with E-state index in [0.717, 1.165) is 17.7 Å². The Balaban J connectivity index is 1.60. The molecule has 1 unspecified atom stereocenters. The van der Waals surface area contributed by atoms with Crippen molar-refractivity contribution in [3.8, 4) is 5.75 Å². The fraction of sp³-hybridized carbons (Fsp3) is 0.294. The van der Waals surface area contributed by atoms with E-state index in [9.17, 15) is 9.50 Å². The first-order chi connectivity index (χ1) is 10.2. The Morgan fingerprint density at radius 1 is 1.10 bits per heavy atom. The van der Waals surface area contributed by atoms with Crippen LogP contribution in [-0.2, 0) is 6.42 Å². The van der Waals surface area contributed by atoms with Gasteiger partial charge in [0.15, 0.2) is 0 Å². The summed E-state index contributed by atoms with van der Waals surface area (Å²) in [5, 5.41) is 12.9. The molecule has 0 bridgehead atoms. The van der Waals surface area contributed by atoms with Crippen molar-refractivity contribution in [1.82, 2.24) is 5.32 Å². The Bertz CT molecular complexity index is 533. The smallest absolute Gasteiger partial charge is 0.123 e. The molecule has 2 aromatic carbocycles. The minimum Gasteiger partial charge on any atom is -0.491 e. The van der Waals surface area contributed by atoms with E-state index in [4.69, 9.17) is 4.74 Å². The highest BCUT2D eigenvalue weighted by Gasteiger charge is 2.04. The predicted octanol–water partition coefficient (Wildman–Crippen LogP) is 2.40. The number of hydrogen-bond donors (Lipinski definition) is 2. The van der Waals surface area contributed by atoms with E-state index < -0.39 is 6.10 Å². The average Bonchev–Trinajstić information content (AvgIpc) is 2.51. The quantitative estimate of drug-likeness (QED) is 0.733. The van der Waals surface area contributed by atoms with Crippen LogP contribution in [0.15, 0.2) is 54.6 Å². The Morgan fingerprint density at radius 3 is 2.67 bits per heavy atom. The van der Waals surface area contributed by atoms with Crippen molar-refractivity contribution in [1.29, 1.82) is 0 Å². The van der Waals surface area contributed by atoms with E-state index in [1.165, 1.54) is 12.1 Å². The molecule has 0 radical (unpaired) electrons. The van der Waals surface area contributed by atoms with E-state index in [1.54, 1.807) is 6.07 Å². The van der Waals surface area contributed by atoms with Gasteiger partial charge in [0.1, 0.15) is 24.3 Å². The molecule has 1 atom stereocenters. The maximum absolute atomic E-state index is 13.0. The minimum atomic E-state index is -0.572. The molecule has 21 heavy (non-hydrogen) atoms. The molecule has 2 aromatic rings. The summed E-state index contributed by atoms with van der Waals surface area (Å²) in [6.07, 6.45) is 0.155. The van der Waals surface area contributed by atoms with E-state index in [2.05, 4.69) is 5.32 Å². The van der Waals surface area contributed by atoms with Crippen molar-refractivity contribution in [2.75, 3.05) is 19.7 Å². The van der Waals surface area contributed by atoms with Crippen LogP contribution in [0.2, 0.25) is 0 Å². The van der Waals surface area contributed by atoms with Crippen molar-refractivity contribution >= 4 is 0 Å². The van der Waals surface area contributed by atoms with Gasteiger partial charge in [0.05, 0.1) is 0 Å². The van der Waals surface area contributed by atoms with Crippen LogP contribution in [-0.4, -0.2) is 30.9 Å². The predicted molar refractivity (Wildman–Crippen MR) is 80.9 cm³/mol. The number of halogens is 1. The number of hydrogen-bond acceptors (Lipinski definition) is 3. The van der Waals surface area contributed by atoms with Crippen LogP contribution in [0, 0.1) is 5.82 Å². The van der Waals surface area contributed by atoms with Crippen molar-refractivity contribution in [2.45, 2.75) is 12.5 Å². The first kappa shape index (κ1) is 15.5. The first-order valence-corrected chi connectivity index (χ1v) is 7.05. The maximum Gasteiger partial charge on any atom is 0.123 e. The zero-order chi connectivity index (χ0) is 14.9. The van der Waals surface area contributed by atoms with Gasteiger partial charge in [0.25, 0.3) is 0 Å². The normalized spacial score (nSPS) is 12.1. The molecule has 0 spiro atoms. The van der Waals surface area contributed by atoms with Gasteiger partial charge >= 0.3 is 0 Å². The second-order valence-electron chi connectivity index (χ2n) is 4.86. The van der Waals surface area contributed by atoms with E-state index in [0.29, 0.717) is 13.1 Å². The summed E-state index contributed by atoms with van der Waals surface area (Å²) in [6, 6.07) is 15.9. The van der Waals surface area contributed by atoms with Crippen LogP contribution in [0.3, 0.4) is 0 Å². The lowest BCUT2D eigenvalue weighted by Crippen LogP contribution is -2.32. The number of benzene rings is 2. The molecule has 0 aliphatic rings. The standard InChI is InChI=1S/C17H20FNO2/c18-15-6-4-5-14(11-15)9-10-19-12-16(20)13-21-17-7-2-1-3-8-17/h1-8,11,16,19-20H,9-10,12-13H2. The van der Waals surface area contributed by atoms with Crippen LogP contribution in [0.1, 0.15) is 5.56 Å². The van der Waals surface area contributed by atoms with Gasteiger partial charge in [-0.05, 0) is 42.8 Å². The highest BCUT2D eigenvalue weighted by molar-refractivity contribution is 5.21. The first-order valence-electron chi connectivity index (χ1n) is 7.05. The highest BCUT2D eigenvalue weighted by atomic mass is 19.1. The van der Waals surface area contributed by atoms with Crippen molar-refractivity contribution in [3.05, 3.63) is 66.0 Å². The lowest BCUT2D eigenvalue weighted by Gasteiger charge is -2.13. The molecule has 0 amide bonds. The molecule has 0 saturated heterocycles. The fourth-order valence-corrected chi connectivity index (χ4v) is 1.96. The second-order valence-corrected chi connectivity index (χ2v) is 4.86. The zero-order valence-corrected chi connectivity index (χ0v) is 11.8. The SMILES string of the molecule is OC(CNCCc1cccc(F)c1)COc1ccccc1. The number of ether oxygens (including phenoxy) is 1. The van der Waals surface area contributed by atoms with E-state index in [1.807, 2.05) is 36.4 Å². The largest absolute Gasteiger partial charge is 0.491 e. The number of aliphatic hydroxyl groups excluding tert-OH is 1. The van der Waals surface area contributed by atoms with Crippen molar-refractivity contribution in [3.63, 3.8) is 0 Å².